The van der Waals surface area contributed by atoms with E-state index in [1.54, 1.807) is 18.4 Å². The van der Waals surface area contributed by atoms with E-state index in [9.17, 15) is 4.79 Å². The first-order valence-corrected chi connectivity index (χ1v) is 12.3. The molecule has 33 heavy (non-hydrogen) atoms. The first-order chi connectivity index (χ1) is 16.0. The smallest absolute Gasteiger partial charge is 0.233 e. The van der Waals surface area contributed by atoms with Gasteiger partial charge in [0.25, 0.3) is 0 Å². The number of nitrogens with zero attached hydrogens (tertiary/aromatic N) is 4. The predicted molar refractivity (Wildman–Crippen MR) is 134 cm³/mol. The lowest BCUT2D eigenvalue weighted by molar-refractivity contribution is -0.122. The Morgan fingerprint density at radius 1 is 1.39 bits per heavy atom. The predicted octanol–water partition coefficient (Wildman–Crippen LogP) is 2.81. The van der Waals surface area contributed by atoms with Crippen LogP contribution in [0.2, 0.25) is 0 Å². The van der Waals surface area contributed by atoms with Crippen molar-refractivity contribution >= 4 is 29.4 Å². The topological polar surface area (TPSA) is 105 Å². The summed E-state index contributed by atoms with van der Waals surface area (Å²) in [6.07, 6.45) is 4.15. The van der Waals surface area contributed by atoms with Crippen molar-refractivity contribution in [2.24, 2.45) is 15.7 Å². The highest BCUT2D eigenvalue weighted by Gasteiger charge is 2.26. The van der Waals surface area contributed by atoms with Gasteiger partial charge in [-0.15, -0.1) is 11.3 Å². The van der Waals surface area contributed by atoms with E-state index >= 15 is 0 Å². The number of ether oxygens (including phenoxy) is 1. The maximum absolute atomic E-state index is 11.7. The number of fused-ring (bicyclic) bond motifs is 3. The Kier molecular flexibility index (Phi) is 7.39. The number of likely N-dealkylation sites (N-methyl/N-ethyl adjacent to an activating group) is 1. The van der Waals surface area contributed by atoms with E-state index < -0.39 is 0 Å². The molecule has 1 amide bonds. The molecule has 1 fully saturated rings. The number of hydrogen-bond acceptors (Lipinski definition) is 6. The van der Waals surface area contributed by atoms with E-state index in [0.29, 0.717) is 24.9 Å². The number of amides is 1. The molecule has 0 unspecified atom stereocenters. The molecule has 0 saturated carbocycles. The summed E-state index contributed by atoms with van der Waals surface area (Å²) in [6, 6.07) is 6.63. The van der Waals surface area contributed by atoms with Crippen molar-refractivity contribution in [1.82, 2.24) is 15.2 Å². The third-order valence-corrected chi connectivity index (χ3v) is 7.13. The Morgan fingerprint density at radius 2 is 2.18 bits per heavy atom. The fourth-order valence-electron chi connectivity index (χ4n) is 4.35. The van der Waals surface area contributed by atoms with Crippen molar-refractivity contribution in [3.63, 3.8) is 0 Å². The highest BCUT2D eigenvalue weighted by atomic mass is 32.1. The molecule has 0 radical (unpaired) electrons. The number of nitrogens with one attached hydrogen (secondary N) is 1. The number of carbonyl (C=O) groups excluding carboxylic acids is 1. The van der Waals surface area contributed by atoms with E-state index in [4.69, 9.17) is 15.5 Å². The number of carbonyl (C=O) groups is 1. The van der Waals surface area contributed by atoms with Crippen LogP contribution in [0.25, 0.3) is 11.3 Å². The van der Waals surface area contributed by atoms with Gasteiger partial charge in [-0.25, -0.2) is 9.98 Å². The van der Waals surface area contributed by atoms with Gasteiger partial charge in [0, 0.05) is 30.0 Å². The molecule has 1 aromatic carbocycles. The lowest BCUT2D eigenvalue weighted by Gasteiger charge is -2.31. The minimum Gasteiger partial charge on any atom is -0.492 e. The molecule has 0 bridgehead atoms. The van der Waals surface area contributed by atoms with Gasteiger partial charge in [0.2, 0.25) is 5.91 Å². The fraction of sp³-hybridized carbons (Fsp3) is 0.500. The Labute approximate surface area is 199 Å². The van der Waals surface area contributed by atoms with Gasteiger partial charge in [0.05, 0.1) is 25.2 Å². The Balaban J connectivity index is 1.56. The molecule has 8 nitrogen and oxygen atoms in total. The van der Waals surface area contributed by atoms with Crippen LogP contribution in [0.15, 0.2) is 28.2 Å². The average molecular weight is 469 g/mol. The van der Waals surface area contributed by atoms with Crippen LogP contribution >= 0.6 is 11.3 Å². The van der Waals surface area contributed by atoms with Gasteiger partial charge in [0.1, 0.15) is 5.75 Å². The average Bonchev–Trinajstić information content (AvgIpc) is 3.15. The number of aliphatic imine (C=N–C) groups is 2. The van der Waals surface area contributed by atoms with Crippen LogP contribution < -0.4 is 15.8 Å². The van der Waals surface area contributed by atoms with Crippen LogP contribution in [-0.4, -0.2) is 67.3 Å². The number of hydrogen-bond donors (Lipinski definition) is 2. The molecular formula is C24H32N6O2S. The normalized spacial score (nSPS) is 17.5. The summed E-state index contributed by atoms with van der Waals surface area (Å²) in [6.45, 7) is 6.97. The van der Waals surface area contributed by atoms with E-state index in [-0.39, 0.29) is 11.9 Å². The van der Waals surface area contributed by atoms with Crippen molar-refractivity contribution in [2.75, 3.05) is 33.3 Å². The third-order valence-electron chi connectivity index (χ3n) is 6.02. The quantitative estimate of drug-likeness (QED) is 0.519. The van der Waals surface area contributed by atoms with Gasteiger partial charge in [-0.1, -0.05) is 6.07 Å². The largest absolute Gasteiger partial charge is 0.492 e. The molecule has 2 aliphatic rings. The summed E-state index contributed by atoms with van der Waals surface area (Å²) in [5.74, 6) is 2.01. The highest BCUT2D eigenvalue weighted by Crippen LogP contribution is 2.40. The maximum Gasteiger partial charge on any atom is 0.233 e. The van der Waals surface area contributed by atoms with Crippen molar-refractivity contribution in [2.45, 2.75) is 45.1 Å². The Hall–Kier alpha value is -2.78. The molecule has 3 N–H and O–H groups in total. The number of nitrogens with two attached hydrogens (primary N) is 1. The summed E-state index contributed by atoms with van der Waals surface area (Å²) >= 11 is 1.61. The van der Waals surface area contributed by atoms with E-state index in [0.717, 1.165) is 54.4 Å². The zero-order chi connectivity index (χ0) is 23.4. The van der Waals surface area contributed by atoms with Crippen molar-refractivity contribution < 1.29 is 9.53 Å². The number of thiazole rings is 1. The molecule has 0 atom stereocenters. The van der Waals surface area contributed by atoms with E-state index in [1.165, 1.54) is 16.8 Å². The zero-order valence-corrected chi connectivity index (χ0v) is 20.3. The number of aromatic nitrogens is 1. The lowest BCUT2D eigenvalue weighted by atomic mass is 9.88. The van der Waals surface area contributed by atoms with E-state index in [2.05, 4.69) is 38.4 Å². The molecule has 0 spiro atoms. The summed E-state index contributed by atoms with van der Waals surface area (Å²) in [4.78, 5) is 28.8. The second kappa shape index (κ2) is 10.4. The van der Waals surface area contributed by atoms with Gasteiger partial charge in [-0.3, -0.25) is 14.7 Å². The van der Waals surface area contributed by atoms with Crippen LogP contribution in [-0.2, 0) is 11.2 Å². The second-order valence-corrected chi connectivity index (χ2v) is 9.78. The number of rotatable bonds is 5. The van der Waals surface area contributed by atoms with Crippen LogP contribution in [0.3, 0.4) is 0 Å². The summed E-state index contributed by atoms with van der Waals surface area (Å²) in [5.41, 5.74) is 8.82. The minimum absolute atomic E-state index is 0.0732. The molecule has 176 valence electrons. The molecule has 3 heterocycles. The molecule has 1 aromatic heterocycles. The molecule has 2 aliphatic heterocycles. The van der Waals surface area contributed by atoms with Gasteiger partial charge in [-0.2, -0.15) is 0 Å². The number of amidine groups is 1. The van der Waals surface area contributed by atoms with Crippen LogP contribution in [0.4, 0.5) is 0 Å². The molecule has 4 rings (SSSR count). The van der Waals surface area contributed by atoms with Crippen LogP contribution in [0, 0.1) is 0 Å². The van der Waals surface area contributed by atoms with Crippen LogP contribution in [0.5, 0.6) is 5.75 Å². The van der Waals surface area contributed by atoms with Crippen molar-refractivity contribution in [1.29, 1.82) is 0 Å². The van der Waals surface area contributed by atoms with Crippen molar-refractivity contribution in [3.05, 3.63) is 33.6 Å². The van der Waals surface area contributed by atoms with Gasteiger partial charge in [-0.05, 0) is 63.4 Å². The third kappa shape index (κ3) is 5.42. The first-order valence-electron chi connectivity index (χ1n) is 11.5. The zero-order valence-electron chi connectivity index (χ0n) is 19.5. The molecular weight excluding hydrogens is 436 g/mol. The standard InChI is InChI=1S/C24H32N6O2S/c1-15(2)28-23(27-14-25)24-29-22-18-5-4-17(12-19(18)32-11-8-20(22)33-24)16-6-9-30(10-7-16)13-21(31)26-3/h4-5,12,14-16H,6-11,13H2,1-3H3,(H,26,31)(H2,25,27,28). The Morgan fingerprint density at radius 3 is 2.88 bits per heavy atom. The van der Waals surface area contributed by atoms with Gasteiger partial charge < -0.3 is 15.8 Å². The minimum atomic E-state index is 0.0732. The monoisotopic (exact) mass is 468 g/mol. The van der Waals surface area contributed by atoms with Crippen LogP contribution in [0.1, 0.15) is 48.1 Å². The molecule has 9 heteroatoms. The number of likely N-dealkylation sites (tertiary alicyclic amines) is 1. The summed E-state index contributed by atoms with van der Waals surface area (Å²) < 4.78 is 6.14. The van der Waals surface area contributed by atoms with Crippen molar-refractivity contribution in [3.8, 4) is 17.0 Å². The SMILES string of the molecule is CNC(=O)CN1CCC(c2ccc3c(c2)OCCc2sc(C(N=CN)=NC(C)C)nc2-3)CC1. The molecule has 0 aliphatic carbocycles. The lowest BCUT2D eigenvalue weighted by Crippen LogP contribution is -2.40. The number of piperidine rings is 1. The summed E-state index contributed by atoms with van der Waals surface area (Å²) in [7, 11) is 1.69. The second-order valence-electron chi connectivity index (χ2n) is 8.69. The van der Waals surface area contributed by atoms with Gasteiger partial charge >= 0.3 is 0 Å². The number of benzene rings is 1. The highest BCUT2D eigenvalue weighted by molar-refractivity contribution is 7.14. The molecule has 1 saturated heterocycles. The fourth-order valence-corrected chi connectivity index (χ4v) is 5.36. The summed E-state index contributed by atoms with van der Waals surface area (Å²) in [5, 5.41) is 3.49. The van der Waals surface area contributed by atoms with Gasteiger partial charge in [0.15, 0.2) is 10.8 Å². The molecule has 2 aromatic rings. The van der Waals surface area contributed by atoms with E-state index in [1.807, 2.05) is 13.8 Å². The Bertz CT molecular complexity index is 1050. The first kappa shape index (κ1) is 23.4. The maximum atomic E-state index is 11.7.